The molecule has 0 fully saturated rings. The molecule has 1 aliphatic rings. The first kappa shape index (κ1) is 13.4. The lowest BCUT2D eigenvalue weighted by Crippen LogP contribution is -2.25. The van der Waals surface area contributed by atoms with Gasteiger partial charge in [0.2, 0.25) is 0 Å². The molecule has 1 aromatic rings. The highest BCUT2D eigenvalue weighted by Gasteiger charge is 2.14. The molecule has 0 atom stereocenters. The summed E-state index contributed by atoms with van der Waals surface area (Å²) >= 11 is 0. The topological polar surface area (TPSA) is 24.5 Å². The van der Waals surface area contributed by atoms with Crippen LogP contribution < -0.4 is 10.1 Å². The quantitative estimate of drug-likeness (QED) is 0.864. The van der Waals surface area contributed by atoms with Gasteiger partial charge in [-0.25, -0.2) is 0 Å². The van der Waals surface area contributed by atoms with E-state index in [2.05, 4.69) is 36.2 Å². The van der Waals surface area contributed by atoms with E-state index in [9.17, 15) is 0 Å². The molecule has 0 aromatic heterocycles. The molecule has 0 bridgehead atoms. The number of hydrogen-bond acceptors (Lipinski definition) is 3. The summed E-state index contributed by atoms with van der Waals surface area (Å²) in [6.07, 6.45) is 1.13. The summed E-state index contributed by atoms with van der Waals surface area (Å²) in [6, 6.07) is 4.55. The first-order valence-corrected chi connectivity index (χ1v) is 6.90. The maximum atomic E-state index is 5.55. The Morgan fingerprint density at radius 1 is 1.22 bits per heavy atom. The van der Waals surface area contributed by atoms with Gasteiger partial charge in [0, 0.05) is 18.7 Å². The Kier molecular flexibility index (Phi) is 4.61. The van der Waals surface area contributed by atoms with Crippen LogP contribution in [0.3, 0.4) is 0 Å². The maximum absolute atomic E-state index is 5.55. The third-order valence-corrected chi connectivity index (χ3v) is 3.78. The van der Waals surface area contributed by atoms with E-state index in [-0.39, 0.29) is 0 Å². The summed E-state index contributed by atoms with van der Waals surface area (Å²) in [5, 5.41) is 3.41. The molecule has 0 saturated carbocycles. The van der Waals surface area contributed by atoms with E-state index in [4.69, 9.17) is 4.74 Å². The van der Waals surface area contributed by atoms with Gasteiger partial charge in [-0.2, -0.15) is 0 Å². The van der Waals surface area contributed by atoms with E-state index in [1.54, 1.807) is 7.11 Å². The molecule has 1 N–H and O–H groups in total. The lowest BCUT2D eigenvalue weighted by molar-refractivity contribution is 0.289. The second-order valence-electron chi connectivity index (χ2n) is 4.82. The highest BCUT2D eigenvalue weighted by Crippen LogP contribution is 2.26. The molecular formula is C15H24N2O. The van der Waals surface area contributed by atoms with Gasteiger partial charge in [0.1, 0.15) is 5.75 Å². The van der Waals surface area contributed by atoms with Crippen LogP contribution in [0.25, 0.3) is 0 Å². The van der Waals surface area contributed by atoms with Crippen molar-refractivity contribution in [3.8, 4) is 5.75 Å². The summed E-state index contributed by atoms with van der Waals surface area (Å²) in [5.41, 5.74) is 4.19. The molecule has 3 nitrogen and oxygen atoms in total. The monoisotopic (exact) mass is 248 g/mol. The minimum atomic E-state index is 0.969. The molecule has 0 unspecified atom stereocenters. The van der Waals surface area contributed by atoms with E-state index in [1.807, 2.05) is 0 Å². The number of ether oxygens (including phenoxy) is 1. The van der Waals surface area contributed by atoms with Gasteiger partial charge in [0.25, 0.3) is 0 Å². The van der Waals surface area contributed by atoms with E-state index >= 15 is 0 Å². The molecular weight excluding hydrogens is 224 g/mol. The van der Waals surface area contributed by atoms with Gasteiger partial charge in [0.05, 0.1) is 7.11 Å². The Morgan fingerprint density at radius 2 is 2.00 bits per heavy atom. The Morgan fingerprint density at radius 3 is 2.67 bits per heavy atom. The number of benzene rings is 1. The van der Waals surface area contributed by atoms with Crippen LogP contribution in [0.2, 0.25) is 0 Å². The molecule has 18 heavy (non-hydrogen) atoms. The minimum absolute atomic E-state index is 0.969. The molecule has 1 aliphatic heterocycles. The lowest BCUT2D eigenvalue weighted by Gasteiger charge is -2.23. The SMILES string of the molecule is CCN(CC)Cc1cc2c(cc1OC)CNCC2. The highest BCUT2D eigenvalue weighted by atomic mass is 16.5. The van der Waals surface area contributed by atoms with E-state index in [1.165, 1.54) is 16.7 Å². The van der Waals surface area contributed by atoms with Gasteiger partial charge in [-0.15, -0.1) is 0 Å². The second-order valence-corrected chi connectivity index (χ2v) is 4.82. The summed E-state index contributed by atoms with van der Waals surface area (Å²) in [5.74, 6) is 1.03. The van der Waals surface area contributed by atoms with Crippen molar-refractivity contribution < 1.29 is 4.74 Å². The molecule has 1 heterocycles. The van der Waals surface area contributed by atoms with Crippen molar-refractivity contribution in [2.45, 2.75) is 33.4 Å². The van der Waals surface area contributed by atoms with Crippen LogP contribution in [0.15, 0.2) is 12.1 Å². The third kappa shape index (κ3) is 2.85. The molecule has 0 radical (unpaired) electrons. The lowest BCUT2D eigenvalue weighted by atomic mass is 9.97. The number of rotatable bonds is 5. The number of hydrogen-bond donors (Lipinski definition) is 1. The predicted molar refractivity (Wildman–Crippen MR) is 75.0 cm³/mol. The van der Waals surface area contributed by atoms with Crippen molar-refractivity contribution in [1.82, 2.24) is 10.2 Å². The zero-order valence-electron chi connectivity index (χ0n) is 11.8. The fraction of sp³-hybridized carbons (Fsp3) is 0.600. The van der Waals surface area contributed by atoms with Crippen molar-refractivity contribution >= 4 is 0 Å². The van der Waals surface area contributed by atoms with Crippen molar-refractivity contribution in [2.24, 2.45) is 0 Å². The summed E-state index contributed by atoms with van der Waals surface area (Å²) < 4.78 is 5.55. The first-order valence-electron chi connectivity index (χ1n) is 6.90. The molecule has 0 aliphatic carbocycles. The molecule has 0 spiro atoms. The Hall–Kier alpha value is -1.06. The van der Waals surface area contributed by atoms with Gasteiger partial charge in [-0.3, -0.25) is 4.90 Å². The zero-order valence-corrected chi connectivity index (χ0v) is 11.8. The van der Waals surface area contributed by atoms with Crippen LogP contribution in [-0.4, -0.2) is 31.6 Å². The normalized spacial score (nSPS) is 14.7. The van der Waals surface area contributed by atoms with Gasteiger partial charge in [0.15, 0.2) is 0 Å². The summed E-state index contributed by atoms with van der Waals surface area (Å²) in [6.45, 7) is 9.62. The number of fused-ring (bicyclic) bond motifs is 1. The maximum Gasteiger partial charge on any atom is 0.123 e. The van der Waals surface area contributed by atoms with Gasteiger partial charge >= 0.3 is 0 Å². The van der Waals surface area contributed by atoms with Crippen molar-refractivity contribution in [2.75, 3.05) is 26.7 Å². The van der Waals surface area contributed by atoms with Crippen LogP contribution in [0.5, 0.6) is 5.75 Å². The molecule has 100 valence electrons. The fourth-order valence-electron chi connectivity index (χ4n) is 2.56. The molecule has 3 heteroatoms. The zero-order chi connectivity index (χ0) is 13.0. The van der Waals surface area contributed by atoms with Crippen molar-refractivity contribution in [3.63, 3.8) is 0 Å². The largest absolute Gasteiger partial charge is 0.496 e. The van der Waals surface area contributed by atoms with Crippen LogP contribution in [0, 0.1) is 0 Å². The highest BCUT2D eigenvalue weighted by molar-refractivity contribution is 5.43. The second kappa shape index (κ2) is 6.21. The Labute approximate surface area is 110 Å². The Bertz CT molecular complexity index is 400. The van der Waals surface area contributed by atoms with Crippen LogP contribution >= 0.6 is 0 Å². The van der Waals surface area contributed by atoms with E-state index in [0.29, 0.717) is 0 Å². The molecule has 2 rings (SSSR count). The number of nitrogens with one attached hydrogen (secondary N) is 1. The van der Waals surface area contributed by atoms with Crippen LogP contribution in [0.1, 0.15) is 30.5 Å². The first-order chi connectivity index (χ1) is 8.78. The molecule has 0 saturated heterocycles. The average molecular weight is 248 g/mol. The van der Waals surface area contributed by atoms with E-state index in [0.717, 1.165) is 44.9 Å². The molecule has 0 amide bonds. The minimum Gasteiger partial charge on any atom is -0.496 e. The van der Waals surface area contributed by atoms with Gasteiger partial charge in [-0.1, -0.05) is 19.9 Å². The standard InChI is InChI=1S/C15H24N2O/c1-4-17(5-2)11-14-8-12-6-7-16-10-13(12)9-15(14)18-3/h8-9,16H,4-7,10-11H2,1-3H3. The number of nitrogens with zero attached hydrogens (tertiary/aromatic N) is 1. The predicted octanol–water partition coefficient (Wildman–Crippen LogP) is 2.18. The Balaban J connectivity index is 2.27. The van der Waals surface area contributed by atoms with Gasteiger partial charge < -0.3 is 10.1 Å². The summed E-state index contributed by atoms with van der Waals surface area (Å²) in [4.78, 5) is 2.42. The molecule has 1 aromatic carbocycles. The smallest absolute Gasteiger partial charge is 0.123 e. The van der Waals surface area contributed by atoms with Crippen LogP contribution in [0.4, 0.5) is 0 Å². The average Bonchev–Trinajstić information content (AvgIpc) is 2.43. The fourth-order valence-corrected chi connectivity index (χ4v) is 2.56. The summed E-state index contributed by atoms with van der Waals surface area (Å²) in [7, 11) is 1.77. The van der Waals surface area contributed by atoms with Crippen LogP contribution in [-0.2, 0) is 19.5 Å². The third-order valence-electron chi connectivity index (χ3n) is 3.78. The van der Waals surface area contributed by atoms with E-state index < -0.39 is 0 Å². The van der Waals surface area contributed by atoms with Crippen molar-refractivity contribution in [1.29, 1.82) is 0 Å². The van der Waals surface area contributed by atoms with Crippen molar-refractivity contribution in [3.05, 3.63) is 28.8 Å². The number of methoxy groups -OCH3 is 1. The van der Waals surface area contributed by atoms with Gasteiger partial charge in [-0.05, 0) is 43.2 Å².